The van der Waals surface area contributed by atoms with Gasteiger partial charge in [0, 0.05) is 5.69 Å². The first-order valence-corrected chi connectivity index (χ1v) is 9.89. The van der Waals surface area contributed by atoms with Crippen molar-refractivity contribution in [1.29, 1.82) is 10.5 Å². The van der Waals surface area contributed by atoms with Gasteiger partial charge in [0.25, 0.3) is 5.91 Å². The number of carbonyl (C=O) groups excluding carboxylic acids is 1. The van der Waals surface area contributed by atoms with Crippen molar-refractivity contribution < 1.29 is 14.3 Å². The van der Waals surface area contributed by atoms with Gasteiger partial charge in [0.15, 0.2) is 0 Å². The molecule has 1 amide bonds. The third-order valence-electron chi connectivity index (χ3n) is 4.41. The molecule has 3 rings (SSSR count). The van der Waals surface area contributed by atoms with Crippen LogP contribution in [-0.4, -0.2) is 13.0 Å². The number of amides is 1. The lowest BCUT2D eigenvalue weighted by Crippen LogP contribution is -2.13. The molecule has 0 fully saturated rings. The zero-order valence-corrected chi connectivity index (χ0v) is 17.9. The van der Waals surface area contributed by atoms with Crippen molar-refractivity contribution >= 4 is 29.3 Å². The highest BCUT2D eigenvalue weighted by Gasteiger charge is 2.11. The van der Waals surface area contributed by atoms with E-state index in [4.69, 9.17) is 26.3 Å². The highest BCUT2D eigenvalue weighted by molar-refractivity contribution is 6.32. The van der Waals surface area contributed by atoms with Crippen LogP contribution >= 0.6 is 11.6 Å². The topological polar surface area (TPSA) is 95.1 Å². The van der Waals surface area contributed by atoms with E-state index in [-0.39, 0.29) is 12.2 Å². The Labute approximate surface area is 190 Å². The van der Waals surface area contributed by atoms with Crippen LogP contribution in [0.15, 0.2) is 72.3 Å². The van der Waals surface area contributed by atoms with Crippen LogP contribution in [0, 0.1) is 22.7 Å². The molecule has 0 aromatic heterocycles. The van der Waals surface area contributed by atoms with E-state index in [9.17, 15) is 10.1 Å². The Kier molecular flexibility index (Phi) is 7.48. The Hall–Kier alpha value is -4.26. The monoisotopic (exact) mass is 443 g/mol. The second-order valence-corrected chi connectivity index (χ2v) is 7.05. The molecule has 0 saturated heterocycles. The summed E-state index contributed by atoms with van der Waals surface area (Å²) < 4.78 is 10.9. The molecule has 1 N–H and O–H groups in total. The molecule has 0 aliphatic carbocycles. The minimum Gasteiger partial charge on any atom is -0.495 e. The van der Waals surface area contributed by atoms with E-state index in [2.05, 4.69) is 11.4 Å². The number of halogens is 1. The molecule has 3 aromatic rings. The maximum absolute atomic E-state index is 12.5. The molecule has 7 heteroatoms. The number of nitrogens with one attached hydrogen (secondary N) is 1. The molecule has 0 aliphatic rings. The Balaban J connectivity index is 1.71. The highest BCUT2D eigenvalue weighted by atomic mass is 35.5. The minimum atomic E-state index is -0.562. The number of hydrogen-bond donors (Lipinski definition) is 1. The number of rotatable bonds is 7. The predicted molar refractivity (Wildman–Crippen MR) is 122 cm³/mol. The first-order chi connectivity index (χ1) is 15.5. The van der Waals surface area contributed by atoms with Crippen LogP contribution in [0.2, 0.25) is 5.02 Å². The summed E-state index contributed by atoms with van der Waals surface area (Å²) >= 11 is 6.08. The van der Waals surface area contributed by atoms with Gasteiger partial charge in [-0.05, 0) is 59.7 Å². The molecule has 3 aromatic carbocycles. The first-order valence-electron chi connectivity index (χ1n) is 9.51. The molecular weight excluding hydrogens is 426 g/mol. The molecular formula is C25H18ClN3O3. The normalized spacial score (nSPS) is 10.6. The SMILES string of the molecule is COc1ccc(NC(=O)/C(C#N)=C/c2cccc(OCc3cccc(C#N)c3)c2)cc1Cl. The Morgan fingerprint density at radius 2 is 1.91 bits per heavy atom. The molecule has 6 nitrogen and oxygen atoms in total. The van der Waals surface area contributed by atoms with Gasteiger partial charge in [-0.3, -0.25) is 4.79 Å². The fourth-order valence-corrected chi connectivity index (χ4v) is 3.11. The summed E-state index contributed by atoms with van der Waals surface area (Å²) in [5.74, 6) is 0.492. The Morgan fingerprint density at radius 1 is 1.09 bits per heavy atom. The van der Waals surface area contributed by atoms with E-state index >= 15 is 0 Å². The van der Waals surface area contributed by atoms with Gasteiger partial charge < -0.3 is 14.8 Å². The van der Waals surface area contributed by atoms with Crippen molar-refractivity contribution in [3.8, 4) is 23.6 Å². The maximum Gasteiger partial charge on any atom is 0.266 e. The molecule has 0 aliphatic heterocycles. The summed E-state index contributed by atoms with van der Waals surface area (Å²) in [5.41, 5.74) is 2.42. The maximum atomic E-state index is 12.5. The molecule has 0 bridgehead atoms. The molecule has 0 saturated carbocycles. The average Bonchev–Trinajstić information content (AvgIpc) is 2.81. The van der Waals surface area contributed by atoms with Crippen molar-refractivity contribution in [2.24, 2.45) is 0 Å². The number of anilines is 1. The van der Waals surface area contributed by atoms with Gasteiger partial charge in [-0.15, -0.1) is 0 Å². The standard InChI is InChI=1S/C25H18ClN3O3/c1-31-24-9-8-21(13-23(24)26)29-25(30)20(15-28)11-17-4-3-7-22(12-17)32-16-19-6-2-5-18(10-19)14-27/h2-13H,16H2,1H3,(H,29,30)/b20-11+. The van der Waals surface area contributed by atoms with E-state index in [0.29, 0.717) is 33.3 Å². The van der Waals surface area contributed by atoms with Crippen molar-refractivity contribution in [3.05, 3.63) is 94.0 Å². The van der Waals surface area contributed by atoms with E-state index in [0.717, 1.165) is 5.56 Å². The van der Waals surface area contributed by atoms with Gasteiger partial charge >= 0.3 is 0 Å². The largest absolute Gasteiger partial charge is 0.495 e. The molecule has 158 valence electrons. The van der Waals surface area contributed by atoms with Crippen LogP contribution in [-0.2, 0) is 11.4 Å². The van der Waals surface area contributed by atoms with Gasteiger partial charge in [0.2, 0.25) is 0 Å². The number of nitrogens with zero attached hydrogens (tertiary/aromatic N) is 2. The van der Waals surface area contributed by atoms with Gasteiger partial charge in [-0.25, -0.2) is 0 Å². The minimum absolute atomic E-state index is 0.0733. The predicted octanol–water partition coefficient (Wildman–Crippen LogP) is 5.34. The quantitative estimate of drug-likeness (QED) is 0.392. The third kappa shape index (κ3) is 5.89. The second-order valence-electron chi connectivity index (χ2n) is 6.65. The average molecular weight is 444 g/mol. The Morgan fingerprint density at radius 3 is 2.62 bits per heavy atom. The van der Waals surface area contributed by atoms with Gasteiger partial charge in [0.05, 0.1) is 23.8 Å². The number of nitriles is 2. The van der Waals surface area contributed by atoms with Crippen molar-refractivity contribution in [3.63, 3.8) is 0 Å². The zero-order chi connectivity index (χ0) is 22.9. The van der Waals surface area contributed by atoms with Crippen LogP contribution in [0.1, 0.15) is 16.7 Å². The van der Waals surface area contributed by atoms with Crippen molar-refractivity contribution in [2.45, 2.75) is 6.61 Å². The van der Waals surface area contributed by atoms with Crippen LogP contribution in [0.4, 0.5) is 5.69 Å². The van der Waals surface area contributed by atoms with Crippen LogP contribution < -0.4 is 14.8 Å². The summed E-state index contributed by atoms with van der Waals surface area (Å²) in [7, 11) is 1.50. The zero-order valence-electron chi connectivity index (χ0n) is 17.1. The lowest BCUT2D eigenvalue weighted by Gasteiger charge is -2.09. The van der Waals surface area contributed by atoms with Crippen molar-refractivity contribution in [1.82, 2.24) is 0 Å². The number of hydrogen-bond acceptors (Lipinski definition) is 5. The van der Waals surface area contributed by atoms with Gasteiger partial charge in [-0.2, -0.15) is 10.5 Å². The Bertz CT molecular complexity index is 1260. The van der Waals surface area contributed by atoms with Crippen LogP contribution in [0.25, 0.3) is 6.08 Å². The second kappa shape index (κ2) is 10.7. The first kappa shape index (κ1) is 22.4. The summed E-state index contributed by atoms with van der Waals surface area (Å²) in [6.07, 6.45) is 1.48. The molecule has 0 unspecified atom stereocenters. The van der Waals surface area contributed by atoms with Gasteiger partial charge in [0.1, 0.15) is 29.7 Å². The van der Waals surface area contributed by atoms with E-state index in [1.54, 1.807) is 60.7 Å². The number of carbonyl (C=O) groups is 1. The molecule has 0 atom stereocenters. The molecule has 0 radical (unpaired) electrons. The molecule has 0 heterocycles. The summed E-state index contributed by atoms with van der Waals surface area (Å²) in [6.45, 7) is 0.284. The number of methoxy groups -OCH3 is 1. The van der Waals surface area contributed by atoms with Crippen molar-refractivity contribution in [2.75, 3.05) is 12.4 Å². The van der Waals surface area contributed by atoms with E-state index in [1.807, 2.05) is 12.1 Å². The van der Waals surface area contributed by atoms with Crippen LogP contribution in [0.3, 0.4) is 0 Å². The van der Waals surface area contributed by atoms with E-state index < -0.39 is 5.91 Å². The lowest BCUT2D eigenvalue weighted by molar-refractivity contribution is -0.112. The highest BCUT2D eigenvalue weighted by Crippen LogP contribution is 2.27. The summed E-state index contributed by atoms with van der Waals surface area (Å²) in [6, 6.07) is 23.0. The summed E-state index contributed by atoms with van der Waals surface area (Å²) in [4.78, 5) is 12.5. The fraction of sp³-hybridized carbons (Fsp3) is 0.0800. The smallest absolute Gasteiger partial charge is 0.266 e. The third-order valence-corrected chi connectivity index (χ3v) is 4.70. The number of benzene rings is 3. The lowest BCUT2D eigenvalue weighted by atomic mass is 10.1. The summed E-state index contributed by atoms with van der Waals surface area (Å²) in [5, 5.41) is 21.5. The molecule has 32 heavy (non-hydrogen) atoms. The van der Waals surface area contributed by atoms with Gasteiger partial charge in [-0.1, -0.05) is 35.9 Å². The van der Waals surface area contributed by atoms with E-state index in [1.165, 1.54) is 13.2 Å². The molecule has 0 spiro atoms. The van der Waals surface area contributed by atoms with Crippen LogP contribution in [0.5, 0.6) is 11.5 Å². The fourth-order valence-electron chi connectivity index (χ4n) is 2.85. The number of ether oxygens (including phenoxy) is 2.